The van der Waals surface area contributed by atoms with Crippen LogP contribution in [0.15, 0.2) is 77.7 Å². The quantitative estimate of drug-likeness (QED) is 0.193. The molecule has 0 radical (unpaired) electrons. The minimum absolute atomic E-state index is 0.146. The van der Waals surface area contributed by atoms with Gasteiger partial charge in [0.2, 0.25) is 0 Å². The second kappa shape index (κ2) is 14.2. The molecule has 2 fully saturated rings. The van der Waals surface area contributed by atoms with Crippen LogP contribution in [0.2, 0.25) is 0 Å². The zero-order chi connectivity index (χ0) is 32.0. The van der Waals surface area contributed by atoms with Crippen molar-refractivity contribution in [2.45, 2.75) is 49.6 Å². The van der Waals surface area contributed by atoms with Crippen LogP contribution in [0, 0.1) is 5.41 Å². The first-order valence-electron chi connectivity index (χ1n) is 14.9. The van der Waals surface area contributed by atoms with Gasteiger partial charge in [0.1, 0.15) is 24.2 Å². The number of thioether (sulfide) groups is 1. The lowest BCUT2D eigenvalue weighted by molar-refractivity contribution is -0.216. The number of halogens is 3. The summed E-state index contributed by atoms with van der Waals surface area (Å²) in [5.74, 6) is -1.20. The summed E-state index contributed by atoms with van der Waals surface area (Å²) in [7, 11) is 1.52. The molecule has 1 unspecified atom stereocenters. The van der Waals surface area contributed by atoms with Crippen LogP contribution in [-0.4, -0.2) is 73.5 Å². The number of likely N-dealkylation sites (tertiary alicyclic amines) is 2. The predicted octanol–water partition coefficient (Wildman–Crippen LogP) is 6.60. The molecule has 0 saturated carbocycles. The molecule has 7 nitrogen and oxygen atoms in total. The van der Waals surface area contributed by atoms with Gasteiger partial charge in [0.05, 0.1) is 12.7 Å². The van der Waals surface area contributed by atoms with E-state index in [1.54, 1.807) is 22.7 Å². The maximum absolute atomic E-state index is 13.5. The lowest BCUT2D eigenvalue weighted by atomic mass is 9.69. The number of nitrogens with zero attached hydrogens (tertiary/aromatic N) is 2. The van der Waals surface area contributed by atoms with E-state index in [0.717, 1.165) is 16.0 Å². The Morgan fingerprint density at radius 1 is 0.933 bits per heavy atom. The monoisotopic (exact) mass is 642 g/mol. The van der Waals surface area contributed by atoms with Gasteiger partial charge >= 0.3 is 12.1 Å². The summed E-state index contributed by atoms with van der Waals surface area (Å²) in [6.45, 7) is 2.23. The van der Waals surface area contributed by atoms with Gasteiger partial charge in [0.25, 0.3) is 5.91 Å². The SMILES string of the molecule is COc1cc(SC)ccc1C(=O)N1CCC2(CCN(Cc3ccccc3OCc3ccccc3)CC2OC(=O)C(F)(F)F)CC1. The van der Waals surface area contributed by atoms with Gasteiger partial charge in [-0.3, -0.25) is 9.69 Å². The van der Waals surface area contributed by atoms with Crippen LogP contribution < -0.4 is 9.47 Å². The van der Waals surface area contributed by atoms with Crippen molar-refractivity contribution in [3.05, 3.63) is 89.5 Å². The molecule has 3 aromatic carbocycles. The molecule has 240 valence electrons. The number of ether oxygens (including phenoxy) is 3. The maximum atomic E-state index is 13.5. The van der Waals surface area contributed by atoms with Gasteiger partial charge in [-0.15, -0.1) is 11.8 Å². The van der Waals surface area contributed by atoms with Crippen LogP contribution in [0.1, 0.15) is 40.7 Å². The average molecular weight is 643 g/mol. The molecular formula is C34H37F3N2O5S. The Morgan fingerprint density at radius 2 is 1.62 bits per heavy atom. The maximum Gasteiger partial charge on any atom is 0.490 e. The molecule has 0 aliphatic carbocycles. The number of hydrogen-bond acceptors (Lipinski definition) is 7. The second-order valence-electron chi connectivity index (χ2n) is 11.5. The third kappa shape index (κ3) is 7.76. The van der Waals surface area contributed by atoms with E-state index >= 15 is 0 Å². The molecule has 2 aliphatic heterocycles. The largest absolute Gasteiger partial charge is 0.496 e. The third-order valence-corrected chi connectivity index (χ3v) is 9.53. The first-order valence-corrected chi connectivity index (χ1v) is 16.1. The Balaban J connectivity index is 1.29. The first-order chi connectivity index (χ1) is 21.6. The molecule has 11 heteroatoms. The number of esters is 1. The van der Waals surface area contributed by atoms with Gasteiger partial charge in [-0.05, 0) is 61.9 Å². The summed E-state index contributed by atoms with van der Waals surface area (Å²) in [6, 6.07) is 22.8. The van der Waals surface area contributed by atoms with Crippen molar-refractivity contribution in [1.82, 2.24) is 9.80 Å². The van der Waals surface area contributed by atoms with Crippen molar-refractivity contribution in [3.8, 4) is 11.5 Å². The standard InChI is InChI=1S/C34H37F3N2O5S/c1-42-29-20-26(45-2)12-13-27(29)31(40)39-18-15-33(16-19-39)14-17-38(22-30(33)44-32(41)34(35,36)37)21-25-10-6-7-11-28(25)43-23-24-8-4-3-5-9-24/h3-13,20,30H,14-19,21-23H2,1-2H3. The topological polar surface area (TPSA) is 68.3 Å². The molecule has 3 aromatic rings. The molecule has 5 rings (SSSR count). The Hall–Kier alpha value is -3.70. The van der Waals surface area contributed by atoms with Gasteiger partial charge in [-0.25, -0.2) is 4.79 Å². The number of hydrogen-bond donors (Lipinski definition) is 0. The van der Waals surface area contributed by atoms with E-state index in [2.05, 4.69) is 0 Å². The van der Waals surface area contributed by atoms with E-state index in [1.165, 1.54) is 7.11 Å². The number of amides is 1. The lowest BCUT2D eigenvalue weighted by Gasteiger charge is -2.51. The predicted molar refractivity (Wildman–Crippen MR) is 165 cm³/mol. The number of piperidine rings is 2. The Morgan fingerprint density at radius 3 is 2.31 bits per heavy atom. The zero-order valence-electron chi connectivity index (χ0n) is 25.3. The Bertz CT molecular complexity index is 1480. The lowest BCUT2D eigenvalue weighted by Crippen LogP contribution is -2.57. The number of methoxy groups -OCH3 is 1. The van der Waals surface area contributed by atoms with Crippen LogP contribution in [0.5, 0.6) is 11.5 Å². The minimum Gasteiger partial charge on any atom is -0.496 e. The molecule has 1 amide bonds. The van der Waals surface area contributed by atoms with Crippen LogP contribution in [-0.2, 0) is 22.7 Å². The van der Waals surface area contributed by atoms with Crippen molar-refractivity contribution < 1.29 is 37.0 Å². The molecule has 2 aliphatic rings. The van der Waals surface area contributed by atoms with E-state index in [4.69, 9.17) is 14.2 Å². The molecular weight excluding hydrogens is 605 g/mol. The smallest absolute Gasteiger partial charge is 0.490 e. The average Bonchev–Trinajstić information content (AvgIpc) is 3.05. The fourth-order valence-corrected chi connectivity index (χ4v) is 6.62. The number of carbonyl (C=O) groups is 2. The summed E-state index contributed by atoms with van der Waals surface area (Å²) in [5, 5.41) is 0. The van der Waals surface area contributed by atoms with E-state index in [9.17, 15) is 22.8 Å². The van der Waals surface area contributed by atoms with E-state index < -0.39 is 23.7 Å². The summed E-state index contributed by atoms with van der Waals surface area (Å²) < 4.78 is 57.0. The molecule has 0 N–H and O–H groups in total. The summed E-state index contributed by atoms with van der Waals surface area (Å²) in [6.07, 6.45) is -2.77. The molecule has 2 saturated heterocycles. The highest BCUT2D eigenvalue weighted by molar-refractivity contribution is 7.98. The first kappa shape index (κ1) is 32.7. The Labute approximate surface area is 265 Å². The van der Waals surface area contributed by atoms with Crippen LogP contribution in [0.4, 0.5) is 13.2 Å². The van der Waals surface area contributed by atoms with Crippen molar-refractivity contribution in [2.75, 3.05) is 39.5 Å². The third-order valence-electron chi connectivity index (χ3n) is 8.80. The molecule has 0 bridgehead atoms. The van der Waals surface area contributed by atoms with Gasteiger partial charge in [-0.2, -0.15) is 13.2 Å². The number of rotatable bonds is 9. The van der Waals surface area contributed by atoms with Gasteiger partial charge in [0, 0.05) is 42.1 Å². The Kier molecular flexibility index (Phi) is 10.3. The highest BCUT2D eigenvalue weighted by Crippen LogP contribution is 2.44. The fraction of sp³-hybridized carbons (Fsp3) is 0.412. The van der Waals surface area contributed by atoms with Crippen molar-refractivity contribution in [2.24, 2.45) is 5.41 Å². The van der Waals surface area contributed by atoms with Crippen molar-refractivity contribution in [3.63, 3.8) is 0 Å². The van der Waals surface area contributed by atoms with E-state index in [1.807, 2.05) is 77.9 Å². The van der Waals surface area contributed by atoms with Gasteiger partial charge < -0.3 is 19.1 Å². The highest BCUT2D eigenvalue weighted by Gasteiger charge is 2.51. The molecule has 45 heavy (non-hydrogen) atoms. The minimum atomic E-state index is -5.10. The zero-order valence-corrected chi connectivity index (χ0v) is 26.2. The molecule has 2 heterocycles. The van der Waals surface area contributed by atoms with E-state index in [0.29, 0.717) is 69.1 Å². The number of benzene rings is 3. The number of carbonyl (C=O) groups excluding carboxylic acids is 2. The van der Waals surface area contributed by atoms with E-state index in [-0.39, 0.29) is 12.5 Å². The van der Waals surface area contributed by atoms with Crippen LogP contribution >= 0.6 is 11.8 Å². The normalized spacial score (nSPS) is 18.4. The number of alkyl halides is 3. The summed E-state index contributed by atoms with van der Waals surface area (Å²) >= 11 is 1.54. The molecule has 1 atom stereocenters. The van der Waals surface area contributed by atoms with Crippen molar-refractivity contribution in [1.29, 1.82) is 0 Å². The second-order valence-corrected chi connectivity index (χ2v) is 12.4. The van der Waals surface area contributed by atoms with Gasteiger partial charge in [0.15, 0.2) is 0 Å². The van der Waals surface area contributed by atoms with Crippen molar-refractivity contribution >= 4 is 23.6 Å². The highest BCUT2D eigenvalue weighted by atomic mass is 32.2. The van der Waals surface area contributed by atoms with Gasteiger partial charge in [-0.1, -0.05) is 48.5 Å². The van der Waals surface area contributed by atoms with Crippen LogP contribution in [0.25, 0.3) is 0 Å². The number of para-hydroxylation sites is 1. The van der Waals surface area contributed by atoms with Crippen LogP contribution in [0.3, 0.4) is 0 Å². The fourth-order valence-electron chi connectivity index (χ4n) is 6.19. The molecule has 0 aromatic heterocycles. The summed E-state index contributed by atoms with van der Waals surface area (Å²) in [5.41, 5.74) is 1.68. The molecule has 1 spiro atoms. The summed E-state index contributed by atoms with van der Waals surface area (Å²) in [4.78, 5) is 30.3.